The zero-order chi connectivity index (χ0) is 23.4. The number of aliphatic carboxylic acids is 1. The molecule has 9 heteroatoms. The lowest BCUT2D eigenvalue weighted by Gasteiger charge is -2.28. The van der Waals surface area contributed by atoms with Gasteiger partial charge in [-0.2, -0.15) is 0 Å². The highest BCUT2D eigenvalue weighted by atomic mass is 16.4. The highest BCUT2D eigenvalue weighted by Crippen LogP contribution is 2.39. The summed E-state index contributed by atoms with van der Waals surface area (Å²) in [7, 11) is 0. The Hall–Kier alpha value is -3.23. The Balaban J connectivity index is 1.85. The fourth-order valence-electron chi connectivity index (χ4n) is 4.29. The number of anilines is 1. The Morgan fingerprint density at radius 2 is 1.97 bits per heavy atom. The van der Waals surface area contributed by atoms with E-state index in [1.165, 1.54) is 4.90 Å². The fraction of sp³-hybridized carbons (Fsp3) is 0.522. The van der Waals surface area contributed by atoms with Crippen molar-refractivity contribution in [2.75, 3.05) is 4.90 Å². The van der Waals surface area contributed by atoms with Crippen molar-refractivity contribution in [2.24, 2.45) is 5.92 Å². The number of carbonyl (C=O) groups excluding carboxylic acids is 4. The second-order valence-corrected chi connectivity index (χ2v) is 8.58. The van der Waals surface area contributed by atoms with E-state index in [4.69, 9.17) is 5.11 Å². The van der Waals surface area contributed by atoms with Crippen LogP contribution in [-0.4, -0.2) is 53.2 Å². The highest BCUT2D eigenvalue weighted by molar-refractivity contribution is 6.08. The molecular weight excluding hydrogens is 414 g/mol. The van der Waals surface area contributed by atoms with Crippen LogP contribution in [0, 0.1) is 5.92 Å². The molecule has 0 saturated heterocycles. The lowest BCUT2D eigenvalue weighted by Crippen LogP contribution is -2.56. The number of hydrogen-bond donors (Lipinski definition) is 3. The van der Waals surface area contributed by atoms with Crippen molar-refractivity contribution >= 4 is 35.7 Å². The van der Waals surface area contributed by atoms with Crippen LogP contribution >= 0.6 is 0 Å². The van der Waals surface area contributed by atoms with Crippen molar-refractivity contribution in [1.29, 1.82) is 0 Å². The minimum atomic E-state index is -1.21. The molecule has 0 fully saturated rings. The summed E-state index contributed by atoms with van der Waals surface area (Å²) in [5.74, 6) is -2.18. The lowest BCUT2D eigenvalue weighted by atomic mass is 10.0. The van der Waals surface area contributed by atoms with Crippen molar-refractivity contribution in [3.05, 3.63) is 29.3 Å². The molecule has 1 aromatic carbocycles. The summed E-state index contributed by atoms with van der Waals surface area (Å²) >= 11 is 0. The summed E-state index contributed by atoms with van der Waals surface area (Å²) < 4.78 is 0. The van der Waals surface area contributed by atoms with E-state index in [1.807, 2.05) is 32.0 Å². The molecule has 1 aromatic rings. The predicted octanol–water partition coefficient (Wildman–Crippen LogP) is 0.970. The maximum atomic E-state index is 13.5. The minimum absolute atomic E-state index is 0.194. The number of benzene rings is 1. The van der Waals surface area contributed by atoms with E-state index in [0.29, 0.717) is 31.2 Å². The van der Waals surface area contributed by atoms with Crippen LogP contribution in [-0.2, 0) is 36.8 Å². The standard InChI is InChI=1S/C23H29N3O6/c1-3-13(2)9-19(28)25-17-8-7-14-5-4-6-15-10-18(26(21(14)15)23(17)32)22(31)24-16(12-27)11-20(29)30/h4-6,12-13,16-18H,3,7-11H2,1-2H3,(H,24,31)(H,25,28)(H,29,30). The Bertz CT molecular complexity index is 930. The van der Waals surface area contributed by atoms with Crippen molar-refractivity contribution < 1.29 is 29.1 Å². The predicted molar refractivity (Wildman–Crippen MR) is 116 cm³/mol. The van der Waals surface area contributed by atoms with E-state index in [2.05, 4.69) is 10.6 Å². The molecular formula is C23H29N3O6. The summed E-state index contributed by atoms with van der Waals surface area (Å²) in [6.45, 7) is 3.97. The number of aldehydes is 1. The molecule has 0 spiro atoms. The smallest absolute Gasteiger partial charge is 0.305 e. The highest BCUT2D eigenvalue weighted by Gasteiger charge is 2.44. The largest absolute Gasteiger partial charge is 0.481 e. The number of carboxylic acids is 1. The van der Waals surface area contributed by atoms with Gasteiger partial charge in [0.2, 0.25) is 17.7 Å². The Morgan fingerprint density at radius 1 is 1.25 bits per heavy atom. The molecule has 9 nitrogen and oxygen atoms in total. The average Bonchev–Trinajstić information content (AvgIpc) is 3.09. The molecule has 2 heterocycles. The lowest BCUT2D eigenvalue weighted by molar-refractivity contribution is -0.139. The van der Waals surface area contributed by atoms with Crippen LogP contribution in [0.1, 0.15) is 50.7 Å². The van der Waals surface area contributed by atoms with Crippen LogP contribution in [0.3, 0.4) is 0 Å². The van der Waals surface area contributed by atoms with Gasteiger partial charge in [-0.3, -0.25) is 24.1 Å². The molecule has 4 unspecified atom stereocenters. The average molecular weight is 444 g/mol. The quantitative estimate of drug-likeness (QED) is 0.487. The van der Waals surface area contributed by atoms with Crippen LogP contribution in [0.4, 0.5) is 5.69 Å². The van der Waals surface area contributed by atoms with Gasteiger partial charge in [-0.15, -0.1) is 0 Å². The van der Waals surface area contributed by atoms with E-state index in [-0.39, 0.29) is 24.2 Å². The van der Waals surface area contributed by atoms with Gasteiger partial charge < -0.3 is 20.5 Å². The van der Waals surface area contributed by atoms with E-state index >= 15 is 0 Å². The Labute approximate surface area is 186 Å². The molecule has 4 atom stereocenters. The van der Waals surface area contributed by atoms with E-state index in [9.17, 15) is 24.0 Å². The Kier molecular flexibility index (Phi) is 7.27. The van der Waals surface area contributed by atoms with Crippen LogP contribution in [0.2, 0.25) is 0 Å². The van der Waals surface area contributed by atoms with Gasteiger partial charge in [0.05, 0.1) is 18.2 Å². The van der Waals surface area contributed by atoms with Gasteiger partial charge >= 0.3 is 5.97 Å². The second-order valence-electron chi connectivity index (χ2n) is 8.58. The Morgan fingerprint density at radius 3 is 2.62 bits per heavy atom. The third-order valence-corrected chi connectivity index (χ3v) is 6.16. The summed E-state index contributed by atoms with van der Waals surface area (Å²) in [6, 6.07) is 2.76. The summed E-state index contributed by atoms with van der Waals surface area (Å²) in [6.07, 6.45) is 2.26. The maximum Gasteiger partial charge on any atom is 0.305 e. The zero-order valence-electron chi connectivity index (χ0n) is 18.3. The summed E-state index contributed by atoms with van der Waals surface area (Å²) in [5.41, 5.74) is 2.43. The van der Waals surface area contributed by atoms with Gasteiger partial charge in [0, 0.05) is 12.8 Å². The van der Waals surface area contributed by atoms with Gasteiger partial charge in [0.1, 0.15) is 18.4 Å². The molecule has 0 saturated carbocycles. The number of aryl methyl sites for hydroxylation is 1. The number of nitrogens with one attached hydrogen (secondary N) is 2. The van der Waals surface area contributed by atoms with E-state index in [0.717, 1.165) is 17.5 Å². The second kappa shape index (κ2) is 9.93. The van der Waals surface area contributed by atoms with Gasteiger partial charge in [0.25, 0.3) is 0 Å². The van der Waals surface area contributed by atoms with Gasteiger partial charge in [0.15, 0.2) is 0 Å². The molecule has 3 amide bonds. The molecule has 2 aliphatic heterocycles. The van der Waals surface area contributed by atoms with Crippen molar-refractivity contribution in [3.8, 4) is 0 Å². The van der Waals surface area contributed by atoms with Crippen molar-refractivity contribution in [1.82, 2.24) is 10.6 Å². The van der Waals surface area contributed by atoms with Gasteiger partial charge in [-0.05, 0) is 29.9 Å². The van der Waals surface area contributed by atoms with E-state index in [1.54, 1.807) is 0 Å². The first-order chi connectivity index (χ1) is 15.2. The minimum Gasteiger partial charge on any atom is -0.481 e. The van der Waals surface area contributed by atoms with Gasteiger partial charge in [-0.25, -0.2) is 0 Å². The number of carboxylic acid groups (broad SMARTS) is 1. The maximum absolute atomic E-state index is 13.5. The number of carbonyl (C=O) groups is 5. The number of para-hydroxylation sites is 1. The topological polar surface area (TPSA) is 133 Å². The summed E-state index contributed by atoms with van der Waals surface area (Å²) in [5, 5.41) is 14.2. The molecule has 0 aromatic heterocycles. The first kappa shape index (κ1) is 23.4. The third-order valence-electron chi connectivity index (χ3n) is 6.16. The monoisotopic (exact) mass is 443 g/mol. The zero-order valence-corrected chi connectivity index (χ0v) is 18.3. The molecule has 0 aliphatic carbocycles. The van der Waals surface area contributed by atoms with E-state index < -0.39 is 36.4 Å². The molecule has 172 valence electrons. The van der Waals surface area contributed by atoms with Crippen LogP contribution < -0.4 is 15.5 Å². The van der Waals surface area contributed by atoms with Crippen molar-refractivity contribution in [3.63, 3.8) is 0 Å². The number of hydrogen-bond acceptors (Lipinski definition) is 5. The summed E-state index contributed by atoms with van der Waals surface area (Å²) in [4.78, 5) is 62.5. The number of amides is 3. The van der Waals surface area contributed by atoms with Crippen LogP contribution in [0.25, 0.3) is 0 Å². The number of rotatable bonds is 9. The SMILES string of the molecule is CCC(C)CC(=O)NC1CCc2cccc3c2N(C1=O)C(C(=O)NC(C=O)CC(=O)O)C3. The third kappa shape index (κ3) is 4.98. The molecule has 3 N–H and O–H groups in total. The molecule has 0 bridgehead atoms. The molecule has 0 radical (unpaired) electrons. The van der Waals surface area contributed by atoms with Crippen LogP contribution in [0.5, 0.6) is 0 Å². The molecule has 2 aliphatic rings. The molecule has 3 rings (SSSR count). The van der Waals surface area contributed by atoms with Gasteiger partial charge in [-0.1, -0.05) is 38.5 Å². The number of nitrogens with zero attached hydrogens (tertiary/aromatic N) is 1. The molecule has 32 heavy (non-hydrogen) atoms. The first-order valence-electron chi connectivity index (χ1n) is 11.0. The van der Waals surface area contributed by atoms with Crippen molar-refractivity contribution in [2.45, 2.75) is 70.5 Å². The fourth-order valence-corrected chi connectivity index (χ4v) is 4.29. The first-order valence-corrected chi connectivity index (χ1v) is 11.0. The van der Waals surface area contributed by atoms with Crippen LogP contribution in [0.15, 0.2) is 18.2 Å². The normalized spacial score (nSPS) is 21.2.